The third-order valence-corrected chi connectivity index (χ3v) is 4.25. The first kappa shape index (κ1) is 20.6. The minimum Gasteiger partial charge on any atom is -0.478 e. The maximum Gasteiger partial charge on any atom is 0.344 e. The van der Waals surface area contributed by atoms with Gasteiger partial charge in [-0.2, -0.15) is 0 Å². The van der Waals surface area contributed by atoms with Crippen LogP contribution in [0.4, 0.5) is 14.5 Å². The van der Waals surface area contributed by atoms with Crippen molar-refractivity contribution in [3.63, 3.8) is 0 Å². The van der Waals surface area contributed by atoms with Crippen molar-refractivity contribution in [2.24, 2.45) is 0 Å². The topological polar surface area (TPSA) is 118 Å². The van der Waals surface area contributed by atoms with Gasteiger partial charge in [0.2, 0.25) is 0 Å². The summed E-state index contributed by atoms with van der Waals surface area (Å²) in [5.74, 6) is -4.11. The van der Waals surface area contributed by atoms with Gasteiger partial charge < -0.3 is 10.2 Å². The van der Waals surface area contributed by atoms with Crippen molar-refractivity contribution in [3.8, 4) is 0 Å². The predicted octanol–water partition coefficient (Wildman–Crippen LogP) is 4.48. The minimum atomic E-state index is -1.55. The van der Waals surface area contributed by atoms with Gasteiger partial charge in [0.1, 0.15) is 11.6 Å². The molecule has 0 aliphatic carbocycles. The van der Waals surface area contributed by atoms with Crippen LogP contribution < -0.4 is 0 Å². The highest BCUT2D eigenvalue weighted by Gasteiger charge is 2.25. The van der Waals surface area contributed by atoms with E-state index < -0.39 is 44.2 Å². The van der Waals surface area contributed by atoms with E-state index in [0.717, 1.165) is 12.1 Å². The Hall–Kier alpha value is -2.40. The lowest BCUT2D eigenvalue weighted by molar-refractivity contribution is -0.385. The summed E-state index contributed by atoms with van der Waals surface area (Å²) < 4.78 is 25.1. The molecule has 0 saturated heterocycles. The molecule has 0 unspecified atom stereocenters. The Morgan fingerprint density at radius 1 is 0.960 bits per heavy atom. The summed E-state index contributed by atoms with van der Waals surface area (Å²) in [7, 11) is 0. The molecule has 0 spiro atoms. The lowest BCUT2D eigenvalue weighted by atomic mass is 10.2. The van der Waals surface area contributed by atoms with Gasteiger partial charge in [0, 0.05) is 6.07 Å². The average molecular weight is 483 g/mol. The van der Waals surface area contributed by atoms with Crippen LogP contribution in [0.5, 0.6) is 0 Å². The third-order valence-electron chi connectivity index (χ3n) is 2.67. The van der Waals surface area contributed by atoms with E-state index in [4.69, 9.17) is 10.2 Å². The van der Waals surface area contributed by atoms with Crippen molar-refractivity contribution >= 4 is 49.5 Å². The van der Waals surface area contributed by atoms with E-state index >= 15 is 0 Å². The van der Waals surface area contributed by atoms with Crippen LogP contribution in [0.15, 0.2) is 39.3 Å². The number of nitrogens with zero attached hydrogens (tertiary/aromatic N) is 1. The van der Waals surface area contributed by atoms with E-state index in [2.05, 4.69) is 31.9 Å². The van der Waals surface area contributed by atoms with Crippen molar-refractivity contribution in [1.29, 1.82) is 0 Å². The molecule has 11 heteroatoms. The highest BCUT2D eigenvalue weighted by atomic mass is 79.9. The van der Waals surface area contributed by atoms with Gasteiger partial charge in [-0.05, 0) is 50.1 Å². The van der Waals surface area contributed by atoms with Crippen molar-refractivity contribution < 1.29 is 33.5 Å². The van der Waals surface area contributed by atoms with Gasteiger partial charge >= 0.3 is 11.9 Å². The zero-order valence-electron chi connectivity index (χ0n) is 11.9. The molecule has 132 valence electrons. The molecule has 7 nitrogen and oxygen atoms in total. The van der Waals surface area contributed by atoms with Crippen molar-refractivity contribution in [2.45, 2.75) is 0 Å². The number of hydrogen-bond donors (Lipinski definition) is 2. The molecule has 0 aliphatic heterocycles. The highest BCUT2D eigenvalue weighted by molar-refractivity contribution is 9.10. The third kappa shape index (κ3) is 5.03. The Bertz CT molecular complexity index is 859. The zero-order chi connectivity index (χ0) is 19.3. The number of nitro benzene ring substituents is 1. The van der Waals surface area contributed by atoms with E-state index in [9.17, 15) is 28.5 Å². The van der Waals surface area contributed by atoms with E-state index in [1.807, 2.05) is 0 Å². The Morgan fingerprint density at radius 2 is 1.52 bits per heavy atom. The van der Waals surface area contributed by atoms with Gasteiger partial charge in [-0.3, -0.25) is 10.1 Å². The number of halogens is 4. The molecule has 0 fully saturated rings. The Kier molecular flexibility index (Phi) is 7.12. The van der Waals surface area contributed by atoms with Crippen LogP contribution in [0.25, 0.3) is 0 Å². The molecule has 0 aromatic heterocycles. The lowest BCUT2D eigenvalue weighted by Gasteiger charge is -2.01. The first-order chi connectivity index (χ1) is 11.6. The number of hydrogen-bond acceptors (Lipinski definition) is 4. The quantitative estimate of drug-likeness (QED) is 0.491. The SMILES string of the molecule is O=C(O)c1c([N+](=O)[O-])ccc(F)c1Br.O=C(O)c1cccc(F)c1Br. The molecule has 0 radical (unpaired) electrons. The van der Waals surface area contributed by atoms with Crippen LogP contribution in [0.2, 0.25) is 0 Å². The second kappa shape index (κ2) is 8.62. The molecule has 0 bridgehead atoms. The summed E-state index contributed by atoms with van der Waals surface area (Å²) >= 11 is 5.46. The van der Waals surface area contributed by atoms with Crippen LogP contribution in [-0.4, -0.2) is 27.1 Å². The number of carbonyl (C=O) groups is 2. The second-order valence-electron chi connectivity index (χ2n) is 4.22. The average Bonchev–Trinajstić information content (AvgIpc) is 2.52. The summed E-state index contributed by atoms with van der Waals surface area (Å²) in [6, 6.07) is 5.51. The molecule has 2 aromatic carbocycles. The molecule has 0 saturated carbocycles. The first-order valence-corrected chi connectivity index (χ1v) is 7.69. The molecule has 2 N–H and O–H groups in total. The van der Waals surface area contributed by atoms with Crippen LogP contribution in [0, 0.1) is 21.7 Å². The maximum atomic E-state index is 12.9. The standard InChI is InChI=1S/C7H3BrFNO4.C7H4BrFO2/c8-6-3(9)1-2-4(10(13)14)5(6)7(11)12;8-6-4(7(10)11)2-1-3-5(6)9/h1-2H,(H,11,12);1-3H,(H,10,11). The van der Waals surface area contributed by atoms with Gasteiger partial charge in [0.25, 0.3) is 5.69 Å². The smallest absolute Gasteiger partial charge is 0.344 e. The molecule has 0 heterocycles. The normalized spacial score (nSPS) is 9.76. The summed E-state index contributed by atoms with van der Waals surface area (Å²) in [4.78, 5) is 30.5. The van der Waals surface area contributed by atoms with Crippen molar-refractivity contribution in [2.75, 3.05) is 0 Å². The van der Waals surface area contributed by atoms with E-state index in [-0.39, 0.29) is 10.0 Å². The molecule has 0 amide bonds. The predicted molar refractivity (Wildman–Crippen MR) is 88.8 cm³/mol. The maximum absolute atomic E-state index is 12.9. The summed E-state index contributed by atoms with van der Waals surface area (Å²) in [6.45, 7) is 0. The van der Waals surface area contributed by atoms with Gasteiger partial charge in [0.05, 0.1) is 19.4 Å². The van der Waals surface area contributed by atoms with Gasteiger partial charge in [-0.25, -0.2) is 18.4 Å². The van der Waals surface area contributed by atoms with Crippen LogP contribution >= 0.6 is 31.9 Å². The highest BCUT2D eigenvalue weighted by Crippen LogP contribution is 2.29. The molecular formula is C14H7Br2F2NO6. The summed E-state index contributed by atoms with van der Waals surface area (Å²) in [5, 5.41) is 27.5. The fourth-order valence-electron chi connectivity index (χ4n) is 1.57. The molecule has 0 aliphatic rings. The molecule has 2 aromatic rings. The van der Waals surface area contributed by atoms with E-state index in [1.54, 1.807) is 0 Å². The van der Waals surface area contributed by atoms with Crippen LogP contribution in [0.1, 0.15) is 20.7 Å². The Morgan fingerprint density at radius 3 is 1.96 bits per heavy atom. The van der Waals surface area contributed by atoms with E-state index in [1.165, 1.54) is 18.2 Å². The zero-order valence-corrected chi connectivity index (χ0v) is 15.0. The number of aromatic carboxylic acids is 2. The number of nitro groups is 1. The van der Waals surface area contributed by atoms with Gasteiger partial charge in [0.15, 0.2) is 5.56 Å². The lowest BCUT2D eigenvalue weighted by Crippen LogP contribution is -2.04. The summed E-state index contributed by atoms with van der Waals surface area (Å²) in [5.41, 5.74) is -1.40. The fraction of sp³-hybridized carbons (Fsp3) is 0. The van der Waals surface area contributed by atoms with Crippen LogP contribution in [-0.2, 0) is 0 Å². The second-order valence-corrected chi connectivity index (χ2v) is 5.81. The van der Waals surface area contributed by atoms with Gasteiger partial charge in [-0.15, -0.1) is 0 Å². The molecule has 25 heavy (non-hydrogen) atoms. The monoisotopic (exact) mass is 481 g/mol. The summed E-state index contributed by atoms with van der Waals surface area (Å²) in [6.07, 6.45) is 0. The van der Waals surface area contributed by atoms with Crippen molar-refractivity contribution in [3.05, 3.63) is 72.2 Å². The first-order valence-electron chi connectivity index (χ1n) is 6.10. The number of rotatable bonds is 3. The Labute approximate surface area is 155 Å². The molecular weight excluding hydrogens is 476 g/mol. The minimum absolute atomic E-state index is 0.00694. The number of carboxylic acids is 2. The van der Waals surface area contributed by atoms with Crippen molar-refractivity contribution in [1.82, 2.24) is 0 Å². The molecule has 2 rings (SSSR count). The number of benzene rings is 2. The Balaban J connectivity index is 0.000000257. The van der Waals surface area contributed by atoms with Gasteiger partial charge in [-0.1, -0.05) is 6.07 Å². The van der Waals surface area contributed by atoms with E-state index in [0.29, 0.717) is 0 Å². The number of carboxylic acid groups (broad SMARTS) is 2. The largest absolute Gasteiger partial charge is 0.478 e. The molecule has 0 atom stereocenters. The fourth-order valence-corrected chi connectivity index (χ4v) is 2.50. The van der Waals surface area contributed by atoms with Crippen LogP contribution in [0.3, 0.4) is 0 Å².